The molecule has 148 valence electrons. The smallest absolute Gasteiger partial charge is 0.329 e. The van der Waals surface area contributed by atoms with E-state index in [1.807, 2.05) is 67.7 Å². The van der Waals surface area contributed by atoms with E-state index in [1.165, 1.54) is 0 Å². The molecule has 28 heavy (non-hydrogen) atoms. The summed E-state index contributed by atoms with van der Waals surface area (Å²) >= 11 is 0. The Morgan fingerprint density at radius 3 is 2.11 bits per heavy atom. The zero-order valence-corrected chi connectivity index (χ0v) is 16.2. The highest BCUT2D eigenvalue weighted by Gasteiger charge is 2.26. The van der Waals surface area contributed by atoms with Crippen LogP contribution in [0.1, 0.15) is 11.1 Å². The van der Waals surface area contributed by atoms with Crippen molar-refractivity contribution in [1.29, 1.82) is 0 Å². The Morgan fingerprint density at radius 1 is 0.929 bits per heavy atom. The van der Waals surface area contributed by atoms with Crippen LogP contribution in [0.2, 0.25) is 0 Å². The summed E-state index contributed by atoms with van der Waals surface area (Å²) in [6.45, 7) is 3.15. The first-order chi connectivity index (χ1) is 13.6. The predicted molar refractivity (Wildman–Crippen MR) is 108 cm³/mol. The van der Waals surface area contributed by atoms with E-state index < -0.39 is 12.0 Å². The molecule has 0 saturated carbocycles. The van der Waals surface area contributed by atoms with E-state index in [1.54, 1.807) is 4.90 Å². The van der Waals surface area contributed by atoms with Crippen LogP contribution in [-0.4, -0.2) is 61.1 Å². The van der Waals surface area contributed by atoms with Crippen LogP contribution in [0, 0.1) is 0 Å². The van der Waals surface area contributed by atoms with Crippen LogP contribution >= 0.6 is 0 Å². The molecule has 1 N–H and O–H groups in total. The molecule has 1 saturated heterocycles. The van der Waals surface area contributed by atoms with Gasteiger partial charge in [-0.15, -0.1) is 0 Å². The van der Waals surface area contributed by atoms with Gasteiger partial charge in [0.25, 0.3) is 0 Å². The van der Waals surface area contributed by atoms with Gasteiger partial charge in [0, 0.05) is 32.6 Å². The molecule has 0 spiro atoms. The highest BCUT2D eigenvalue weighted by Crippen LogP contribution is 2.09. The van der Waals surface area contributed by atoms with Crippen LogP contribution in [0.25, 0.3) is 0 Å². The number of carbonyl (C=O) groups excluding carboxylic acids is 2. The molecular formula is C22H27N3O3. The minimum absolute atomic E-state index is 0.190. The van der Waals surface area contributed by atoms with Gasteiger partial charge in [0.15, 0.2) is 0 Å². The Balaban J connectivity index is 1.63. The van der Waals surface area contributed by atoms with Crippen molar-refractivity contribution < 1.29 is 14.3 Å². The van der Waals surface area contributed by atoms with E-state index in [0.717, 1.165) is 24.2 Å². The molecule has 1 aliphatic heterocycles. The van der Waals surface area contributed by atoms with Crippen LogP contribution in [-0.2, 0) is 22.6 Å². The fourth-order valence-electron chi connectivity index (χ4n) is 3.12. The Bertz CT molecular complexity index is 759. The molecular weight excluding hydrogens is 354 g/mol. The Morgan fingerprint density at radius 2 is 1.50 bits per heavy atom. The topological polar surface area (TPSA) is 61.9 Å². The van der Waals surface area contributed by atoms with Crippen molar-refractivity contribution in [2.75, 3.05) is 33.2 Å². The molecule has 2 aromatic rings. The van der Waals surface area contributed by atoms with E-state index in [9.17, 15) is 9.59 Å². The quantitative estimate of drug-likeness (QED) is 0.780. The third-order valence-corrected chi connectivity index (χ3v) is 4.88. The van der Waals surface area contributed by atoms with Crippen LogP contribution < -0.4 is 5.32 Å². The van der Waals surface area contributed by atoms with E-state index in [4.69, 9.17) is 4.74 Å². The number of hydrogen-bond donors (Lipinski definition) is 1. The first-order valence-corrected chi connectivity index (χ1v) is 9.60. The van der Waals surface area contributed by atoms with Gasteiger partial charge in [-0.2, -0.15) is 0 Å². The minimum Gasteiger partial charge on any atom is -0.459 e. The van der Waals surface area contributed by atoms with Gasteiger partial charge in [0.05, 0.1) is 0 Å². The van der Waals surface area contributed by atoms with E-state index in [-0.39, 0.29) is 12.6 Å². The van der Waals surface area contributed by atoms with Gasteiger partial charge in [0.2, 0.25) is 0 Å². The molecule has 2 amide bonds. The van der Waals surface area contributed by atoms with Gasteiger partial charge in [-0.25, -0.2) is 9.59 Å². The van der Waals surface area contributed by atoms with Crippen molar-refractivity contribution in [2.45, 2.75) is 19.1 Å². The Labute approximate surface area is 166 Å². The number of nitrogens with one attached hydrogen (secondary N) is 1. The second-order valence-electron chi connectivity index (χ2n) is 7.08. The van der Waals surface area contributed by atoms with Crippen molar-refractivity contribution in [3.8, 4) is 0 Å². The Kier molecular flexibility index (Phi) is 7.03. The normalized spacial score (nSPS) is 15.7. The summed E-state index contributed by atoms with van der Waals surface area (Å²) in [4.78, 5) is 29.3. The number of likely N-dealkylation sites (N-methyl/N-ethyl adjacent to an activating group) is 1. The van der Waals surface area contributed by atoms with Gasteiger partial charge in [-0.3, -0.25) is 0 Å². The number of esters is 1. The first-order valence-electron chi connectivity index (χ1n) is 9.60. The number of rotatable bonds is 6. The number of benzene rings is 2. The number of hydrogen-bond acceptors (Lipinski definition) is 4. The third kappa shape index (κ3) is 5.82. The second kappa shape index (κ2) is 9.90. The molecule has 3 rings (SSSR count). The highest BCUT2D eigenvalue weighted by molar-refractivity contribution is 5.84. The maximum atomic E-state index is 12.7. The fraction of sp³-hybridized carbons (Fsp3) is 0.364. The van der Waals surface area contributed by atoms with Crippen LogP contribution in [0.5, 0.6) is 0 Å². The summed E-state index contributed by atoms with van der Waals surface area (Å²) in [7, 11) is 2.04. The van der Waals surface area contributed by atoms with Crippen LogP contribution in [0.4, 0.5) is 4.79 Å². The van der Waals surface area contributed by atoms with Gasteiger partial charge in [0.1, 0.15) is 12.6 Å². The lowest BCUT2D eigenvalue weighted by Gasteiger charge is -2.33. The molecule has 1 heterocycles. The average Bonchev–Trinajstić information content (AvgIpc) is 2.73. The van der Waals surface area contributed by atoms with E-state index in [2.05, 4.69) is 10.2 Å². The van der Waals surface area contributed by atoms with Gasteiger partial charge in [-0.1, -0.05) is 60.7 Å². The SMILES string of the molecule is CN1CCN(C(=O)N[C@@H](Cc2ccccc2)C(=O)OCc2ccccc2)CC1. The van der Waals surface area contributed by atoms with Crippen molar-refractivity contribution in [3.05, 3.63) is 71.8 Å². The van der Waals surface area contributed by atoms with Crippen molar-refractivity contribution in [2.24, 2.45) is 0 Å². The lowest BCUT2D eigenvalue weighted by atomic mass is 10.1. The lowest BCUT2D eigenvalue weighted by molar-refractivity contribution is -0.147. The maximum absolute atomic E-state index is 12.7. The van der Waals surface area contributed by atoms with Crippen molar-refractivity contribution in [3.63, 3.8) is 0 Å². The molecule has 6 heteroatoms. The minimum atomic E-state index is -0.724. The Hall–Kier alpha value is -2.86. The third-order valence-electron chi connectivity index (χ3n) is 4.88. The number of piperazine rings is 1. The molecule has 0 radical (unpaired) electrons. The molecule has 1 atom stereocenters. The molecule has 0 aliphatic carbocycles. The summed E-state index contributed by atoms with van der Waals surface area (Å²) in [6, 6.07) is 18.2. The summed E-state index contributed by atoms with van der Waals surface area (Å²) in [5.41, 5.74) is 1.89. The molecule has 2 aromatic carbocycles. The van der Waals surface area contributed by atoms with Gasteiger partial charge >= 0.3 is 12.0 Å². The van der Waals surface area contributed by atoms with E-state index >= 15 is 0 Å². The van der Waals surface area contributed by atoms with Gasteiger partial charge in [-0.05, 0) is 18.2 Å². The molecule has 0 bridgehead atoms. The number of amides is 2. The van der Waals surface area contributed by atoms with Gasteiger partial charge < -0.3 is 19.9 Å². The average molecular weight is 381 g/mol. The fourth-order valence-corrected chi connectivity index (χ4v) is 3.12. The molecule has 0 aromatic heterocycles. The molecule has 6 nitrogen and oxygen atoms in total. The number of carbonyl (C=O) groups is 2. The lowest BCUT2D eigenvalue weighted by Crippen LogP contribution is -2.54. The van der Waals surface area contributed by atoms with Crippen molar-refractivity contribution >= 4 is 12.0 Å². The highest BCUT2D eigenvalue weighted by atomic mass is 16.5. The summed E-state index contributed by atoms with van der Waals surface area (Å²) < 4.78 is 5.49. The zero-order chi connectivity index (χ0) is 19.8. The van der Waals surface area contributed by atoms with Crippen LogP contribution in [0.3, 0.4) is 0 Å². The summed E-state index contributed by atoms with van der Waals surface area (Å²) in [5, 5.41) is 2.88. The largest absolute Gasteiger partial charge is 0.459 e. The second-order valence-corrected chi connectivity index (χ2v) is 7.08. The number of nitrogens with zero attached hydrogens (tertiary/aromatic N) is 2. The summed E-state index contributed by atoms with van der Waals surface area (Å²) in [6.07, 6.45) is 0.397. The van der Waals surface area contributed by atoms with Crippen LogP contribution in [0.15, 0.2) is 60.7 Å². The predicted octanol–water partition coefficient (Wildman–Crippen LogP) is 2.30. The number of ether oxygens (including phenoxy) is 1. The first kappa shape index (κ1) is 19.9. The molecule has 0 unspecified atom stereocenters. The maximum Gasteiger partial charge on any atom is 0.329 e. The zero-order valence-electron chi connectivity index (χ0n) is 16.2. The standard InChI is InChI=1S/C22H27N3O3/c1-24-12-14-25(15-13-24)22(27)23-20(16-18-8-4-2-5-9-18)21(26)28-17-19-10-6-3-7-11-19/h2-11,20H,12-17H2,1H3,(H,23,27)/t20-/m0/s1. The molecule has 1 aliphatic rings. The molecule has 1 fully saturated rings. The monoisotopic (exact) mass is 381 g/mol. The number of urea groups is 1. The summed E-state index contributed by atoms with van der Waals surface area (Å²) in [5.74, 6) is -0.421. The van der Waals surface area contributed by atoms with Crippen molar-refractivity contribution in [1.82, 2.24) is 15.1 Å². The van der Waals surface area contributed by atoms with E-state index in [0.29, 0.717) is 19.5 Å².